The van der Waals surface area contributed by atoms with Crippen LogP contribution in [-0.4, -0.2) is 51.0 Å². The van der Waals surface area contributed by atoms with Crippen molar-refractivity contribution in [1.82, 2.24) is 25.1 Å². The first-order chi connectivity index (χ1) is 15.1. The van der Waals surface area contributed by atoms with Crippen LogP contribution in [0.15, 0.2) is 30.6 Å². The zero-order valence-electron chi connectivity index (χ0n) is 17.9. The molecule has 4 aromatic rings. The summed E-state index contributed by atoms with van der Waals surface area (Å²) in [4.78, 5) is 12.0. The molecule has 0 amide bonds. The highest BCUT2D eigenvalue weighted by atomic mass is 16.3. The minimum Gasteiger partial charge on any atom is -0.507 e. The van der Waals surface area contributed by atoms with E-state index in [9.17, 15) is 5.11 Å². The first kappa shape index (κ1) is 18.6. The number of nitrogens with one attached hydrogen (secondary N) is 1. The molecule has 0 unspecified atom stereocenters. The predicted molar refractivity (Wildman–Crippen MR) is 123 cm³/mol. The molecular formula is C24H26N6O. The largest absolute Gasteiger partial charge is 0.507 e. The normalized spacial score (nSPS) is 17.0. The molecule has 0 bridgehead atoms. The molecule has 4 heterocycles. The second kappa shape index (κ2) is 6.92. The number of benzene rings is 1. The summed E-state index contributed by atoms with van der Waals surface area (Å²) in [6.07, 6.45) is 6.31. The van der Waals surface area contributed by atoms with Crippen molar-refractivity contribution in [3.8, 4) is 17.0 Å². The number of aryl methyl sites for hydroxylation is 2. The van der Waals surface area contributed by atoms with E-state index in [-0.39, 0.29) is 5.75 Å². The summed E-state index contributed by atoms with van der Waals surface area (Å²) in [7, 11) is 1.90. The molecule has 7 heteroatoms. The summed E-state index contributed by atoms with van der Waals surface area (Å²) < 4.78 is 1.78. The maximum Gasteiger partial charge on any atom is 0.160 e. The second-order valence-electron chi connectivity index (χ2n) is 8.81. The number of hydrogen-bond donors (Lipinski definition) is 2. The van der Waals surface area contributed by atoms with Crippen molar-refractivity contribution in [3.63, 3.8) is 0 Å². The van der Waals surface area contributed by atoms with Crippen LogP contribution in [0, 0.1) is 6.92 Å². The number of anilines is 1. The van der Waals surface area contributed by atoms with Crippen LogP contribution in [0.5, 0.6) is 5.75 Å². The van der Waals surface area contributed by atoms with Gasteiger partial charge >= 0.3 is 0 Å². The number of aromatic nitrogens is 4. The highest BCUT2D eigenvalue weighted by molar-refractivity contribution is 5.92. The van der Waals surface area contributed by atoms with Gasteiger partial charge < -0.3 is 15.3 Å². The van der Waals surface area contributed by atoms with Crippen LogP contribution in [0.2, 0.25) is 0 Å². The molecule has 2 aliphatic rings. The lowest BCUT2D eigenvalue weighted by Crippen LogP contribution is -2.43. The van der Waals surface area contributed by atoms with Gasteiger partial charge in [0.2, 0.25) is 0 Å². The van der Waals surface area contributed by atoms with E-state index in [0.717, 1.165) is 64.9 Å². The Kier molecular flexibility index (Phi) is 4.14. The van der Waals surface area contributed by atoms with Crippen molar-refractivity contribution in [1.29, 1.82) is 0 Å². The maximum absolute atomic E-state index is 11.0. The monoisotopic (exact) mass is 414 g/mol. The molecule has 0 radical (unpaired) electrons. The summed E-state index contributed by atoms with van der Waals surface area (Å²) in [5.74, 6) is 0.798. The first-order valence-corrected chi connectivity index (χ1v) is 11.0. The van der Waals surface area contributed by atoms with Gasteiger partial charge in [0, 0.05) is 61.3 Å². The van der Waals surface area contributed by atoms with Crippen LogP contribution >= 0.6 is 0 Å². The van der Waals surface area contributed by atoms with Gasteiger partial charge in [0.25, 0.3) is 0 Å². The number of pyridine rings is 2. The number of fused-ring (bicyclic) bond motifs is 2. The van der Waals surface area contributed by atoms with Crippen LogP contribution in [0.4, 0.5) is 5.69 Å². The first-order valence-electron chi connectivity index (χ1n) is 11.0. The zero-order chi connectivity index (χ0) is 21.1. The topological polar surface area (TPSA) is 79.1 Å². The number of aromatic hydroxyl groups is 1. The molecule has 31 heavy (non-hydrogen) atoms. The molecule has 1 aliphatic carbocycles. The van der Waals surface area contributed by atoms with E-state index in [0.29, 0.717) is 5.92 Å². The Bertz CT molecular complexity index is 1320. The zero-order valence-corrected chi connectivity index (χ0v) is 17.9. The van der Waals surface area contributed by atoms with E-state index in [2.05, 4.69) is 27.4 Å². The van der Waals surface area contributed by atoms with E-state index in [1.165, 1.54) is 24.1 Å². The summed E-state index contributed by atoms with van der Waals surface area (Å²) in [6.45, 7) is 5.90. The van der Waals surface area contributed by atoms with Crippen molar-refractivity contribution in [2.24, 2.45) is 7.05 Å². The van der Waals surface area contributed by atoms with Crippen molar-refractivity contribution in [2.75, 3.05) is 31.1 Å². The average molecular weight is 415 g/mol. The fourth-order valence-electron chi connectivity index (χ4n) is 4.72. The molecule has 0 atom stereocenters. The molecule has 158 valence electrons. The lowest BCUT2D eigenvalue weighted by atomic mass is 9.99. The van der Waals surface area contributed by atoms with Gasteiger partial charge in [-0.15, -0.1) is 0 Å². The number of nitrogens with zero attached hydrogens (tertiary/aromatic N) is 5. The van der Waals surface area contributed by atoms with Gasteiger partial charge in [-0.05, 0) is 49.4 Å². The average Bonchev–Trinajstić information content (AvgIpc) is 3.57. The van der Waals surface area contributed by atoms with Gasteiger partial charge in [-0.1, -0.05) is 0 Å². The van der Waals surface area contributed by atoms with Crippen molar-refractivity contribution in [3.05, 3.63) is 41.7 Å². The molecule has 6 rings (SSSR count). The molecule has 1 saturated carbocycles. The molecule has 1 aliphatic heterocycles. The van der Waals surface area contributed by atoms with Gasteiger partial charge in [0.15, 0.2) is 5.65 Å². The van der Waals surface area contributed by atoms with Crippen LogP contribution in [-0.2, 0) is 7.05 Å². The second-order valence-corrected chi connectivity index (χ2v) is 8.81. The summed E-state index contributed by atoms with van der Waals surface area (Å²) in [5, 5.41) is 21.0. The fraction of sp³-hybridized carbons (Fsp3) is 0.375. The Morgan fingerprint density at radius 2 is 1.94 bits per heavy atom. The number of piperazine rings is 1. The van der Waals surface area contributed by atoms with E-state index in [1.807, 2.05) is 32.4 Å². The predicted octanol–water partition coefficient (Wildman–Crippen LogP) is 3.48. The van der Waals surface area contributed by atoms with Gasteiger partial charge in [0.05, 0.1) is 23.1 Å². The molecule has 2 fully saturated rings. The third-order valence-electron chi connectivity index (χ3n) is 6.58. The fourth-order valence-corrected chi connectivity index (χ4v) is 4.72. The Labute approximate surface area is 180 Å². The van der Waals surface area contributed by atoms with Crippen LogP contribution in [0.1, 0.15) is 29.9 Å². The van der Waals surface area contributed by atoms with Crippen molar-refractivity contribution < 1.29 is 5.11 Å². The quantitative estimate of drug-likeness (QED) is 0.534. The van der Waals surface area contributed by atoms with Crippen LogP contribution < -0.4 is 10.2 Å². The Hall–Kier alpha value is -3.19. The van der Waals surface area contributed by atoms with Gasteiger partial charge in [-0.25, -0.2) is 9.97 Å². The molecule has 1 saturated heterocycles. The van der Waals surface area contributed by atoms with E-state index < -0.39 is 0 Å². The van der Waals surface area contributed by atoms with Gasteiger partial charge in [-0.2, -0.15) is 5.10 Å². The van der Waals surface area contributed by atoms with Crippen LogP contribution in [0.3, 0.4) is 0 Å². The van der Waals surface area contributed by atoms with E-state index >= 15 is 0 Å². The van der Waals surface area contributed by atoms with Crippen LogP contribution in [0.25, 0.3) is 33.2 Å². The molecular weight excluding hydrogens is 388 g/mol. The Morgan fingerprint density at radius 3 is 2.71 bits per heavy atom. The van der Waals surface area contributed by atoms with Crippen molar-refractivity contribution in [2.45, 2.75) is 25.7 Å². The van der Waals surface area contributed by atoms with E-state index in [4.69, 9.17) is 9.97 Å². The number of phenolic OH excluding ortho intramolecular Hbond substituents is 1. The summed E-state index contributed by atoms with van der Waals surface area (Å²) >= 11 is 0. The molecule has 7 nitrogen and oxygen atoms in total. The van der Waals surface area contributed by atoms with Crippen molar-refractivity contribution >= 4 is 27.6 Å². The minimum atomic E-state index is 0.247. The standard InChI is InChI=1S/C24H26N6O/c1-14-22-16(13-29(2)28-22)9-20(23(14)31)21-11-18(15-3-4-15)19-10-17(12-26-24(19)27-21)30-7-5-25-6-8-30/h9-13,15,25,31H,3-8H2,1-2H3. The highest BCUT2D eigenvalue weighted by Crippen LogP contribution is 2.45. The minimum absolute atomic E-state index is 0.247. The third-order valence-corrected chi connectivity index (χ3v) is 6.58. The summed E-state index contributed by atoms with van der Waals surface area (Å²) in [6, 6.07) is 6.41. The molecule has 3 aromatic heterocycles. The Morgan fingerprint density at radius 1 is 1.13 bits per heavy atom. The number of hydrogen-bond acceptors (Lipinski definition) is 6. The summed E-state index contributed by atoms with van der Waals surface area (Å²) in [5.41, 5.74) is 6.35. The molecule has 1 aromatic carbocycles. The highest BCUT2D eigenvalue weighted by Gasteiger charge is 2.28. The SMILES string of the molecule is Cc1c(O)c(-c2cc(C3CC3)c3cc(N4CCNCC4)cnc3n2)cc2cn(C)nc12. The molecule has 2 N–H and O–H groups in total. The number of rotatable bonds is 3. The van der Waals surface area contributed by atoms with Gasteiger partial charge in [-0.3, -0.25) is 4.68 Å². The maximum atomic E-state index is 11.0. The molecule has 0 spiro atoms. The van der Waals surface area contributed by atoms with E-state index in [1.54, 1.807) is 4.68 Å². The van der Waals surface area contributed by atoms with Gasteiger partial charge in [0.1, 0.15) is 5.75 Å². The lowest BCUT2D eigenvalue weighted by molar-refractivity contribution is 0.474. The Balaban J connectivity index is 1.52. The number of phenols is 1. The third kappa shape index (κ3) is 3.11. The smallest absolute Gasteiger partial charge is 0.160 e. The lowest BCUT2D eigenvalue weighted by Gasteiger charge is -2.29.